The third kappa shape index (κ3) is 3.68. The maximum atomic E-state index is 13.0. The zero-order valence-corrected chi connectivity index (χ0v) is 11.6. The van der Waals surface area contributed by atoms with Crippen LogP contribution in [0.4, 0.5) is 10.1 Å². The zero-order chi connectivity index (χ0) is 14.7. The molecule has 0 unspecified atom stereocenters. The molecule has 2 N–H and O–H groups in total. The largest absolute Gasteiger partial charge is 0.478 e. The van der Waals surface area contributed by atoms with Gasteiger partial charge < -0.3 is 10.4 Å². The third-order valence-corrected chi connectivity index (χ3v) is 3.07. The van der Waals surface area contributed by atoms with E-state index in [0.717, 1.165) is 12.1 Å². The number of amides is 1. The van der Waals surface area contributed by atoms with E-state index in [1.807, 2.05) is 0 Å². The number of rotatable bonds is 3. The molecule has 0 saturated carbocycles. The highest BCUT2D eigenvalue weighted by Gasteiger charge is 2.16. The Morgan fingerprint density at radius 3 is 2.05 bits per heavy atom. The van der Waals surface area contributed by atoms with Crippen LogP contribution in [0.15, 0.2) is 23.3 Å². The summed E-state index contributed by atoms with van der Waals surface area (Å²) < 4.78 is 13.0. The number of carbonyl (C=O) groups excluding carboxylic acids is 1. The first-order valence-corrected chi connectivity index (χ1v) is 5.86. The quantitative estimate of drug-likeness (QED) is 0.840. The lowest BCUT2D eigenvalue weighted by atomic mass is 10.1. The van der Waals surface area contributed by atoms with Crippen molar-refractivity contribution in [1.82, 2.24) is 0 Å². The lowest BCUT2D eigenvalue weighted by molar-refractivity contribution is -0.133. The summed E-state index contributed by atoms with van der Waals surface area (Å²) in [6.45, 7) is 2.65. The second kappa shape index (κ2) is 6.04. The Labute approximate surface area is 118 Å². The van der Waals surface area contributed by atoms with Gasteiger partial charge >= 0.3 is 5.97 Å². The molecular formula is C12H10Cl2FNO3. The van der Waals surface area contributed by atoms with Gasteiger partial charge in [-0.1, -0.05) is 23.2 Å². The van der Waals surface area contributed by atoms with Gasteiger partial charge in [0, 0.05) is 11.1 Å². The van der Waals surface area contributed by atoms with E-state index in [0.29, 0.717) is 0 Å². The molecule has 0 aromatic heterocycles. The van der Waals surface area contributed by atoms with E-state index in [4.69, 9.17) is 28.3 Å². The van der Waals surface area contributed by atoms with Crippen LogP contribution in [0, 0.1) is 5.82 Å². The topological polar surface area (TPSA) is 66.4 Å². The number of aliphatic carboxylic acids is 1. The number of anilines is 1. The first kappa shape index (κ1) is 15.5. The number of carbonyl (C=O) groups is 2. The summed E-state index contributed by atoms with van der Waals surface area (Å²) in [6, 6.07) is 1.98. The van der Waals surface area contributed by atoms with Gasteiger partial charge in [0.1, 0.15) is 5.82 Å². The van der Waals surface area contributed by atoms with Crippen LogP contribution in [-0.4, -0.2) is 17.0 Å². The molecule has 1 aromatic carbocycles. The number of carboxylic acids is 1. The van der Waals surface area contributed by atoms with Crippen molar-refractivity contribution in [3.05, 3.63) is 39.1 Å². The first-order valence-electron chi connectivity index (χ1n) is 5.10. The molecule has 0 saturated heterocycles. The van der Waals surface area contributed by atoms with Crippen LogP contribution in [-0.2, 0) is 9.59 Å². The summed E-state index contributed by atoms with van der Waals surface area (Å²) in [6.07, 6.45) is 0. The molecule has 0 aliphatic carbocycles. The van der Waals surface area contributed by atoms with Gasteiger partial charge in [-0.05, 0) is 26.0 Å². The molecule has 0 radical (unpaired) electrons. The van der Waals surface area contributed by atoms with E-state index in [9.17, 15) is 14.0 Å². The molecule has 0 bridgehead atoms. The summed E-state index contributed by atoms with van der Waals surface area (Å²) in [5, 5.41) is 11.0. The fourth-order valence-electron chi connectivity index (χ4n) is 1.20. The second-order valence-electron chi connectivity index (χ2n) is 3.75. The normalized spacial score (nSPS) is 11.8. The molecule has 0 aliphatic rings. The van der Waals surface area contributed by atoms with Gasteiger partial charge in [0.25, 0.3) is 5.91 Å². The molecule has 0 spiro atoms. The lowest BCUT2D eigenvalue weighted by Gasteiger charge is -2.10. The predicted octanol–water partition coefficient (Wildman–Crippen LogP) is 3.49. The monoisotopic (exact) mass is 305 g/mol. The van der Waals surface area contributed by atoms with Crippen molar-refractivity contribution < 1.29 is 19.1 Å². The minimum absolute atomic E-state index is 0.00367. The summed E-state index contributed by atoms with van der Waals surface area (Å²) in [5.74, 6) is -2.51. The smallest absolute Gasteiger partial charge is 0.331 e. The number of nitrogens with one attached hydrogen (secondary N) is 1. The number of halogens is 3. The summed E-state index contributed by atoms with van der Waals surface area (Å²) >= 11 is 11.5. The molecule has 1 rings (SSSR count). The van der Waals surface area contributed by atoms with Crippen LogP contribution < -0.4 is 5.32 Å². The number of hydrogen-bond acceptors (Lipinski definition) is 2. The van der Waals surface area contributed by atoms with E-state index in [1.165, 1.54) is 13.8 Å². The molecule has 4 nitrogen and oxygen atoms in total. The van der Waals surface area contributed by atoms with Gasteiger partial charge in [-0.15, -0.1) is 0 Å². The molecule has 0 heterocycles. The Morgan fingerprint density at radius 1 is 1.16 bits per heavy atom. The van der Waals surface area contributed by atoms with Gasteiger partial charge in [0.2, 0.25) is 0 Å². The Bertz CT molecular complexity index is 561. The molecule has 7 heteroatoms. The molecule has 0 fully saturated rings. The summed E-state index contributed by atoms with van der Waals surface area (Å²) in [5.41, 5.74) is -0.0666. The van der Waals surface area contributed by atoms with Gasteiger partial charge in [0.15, 0.2) is 0 Å². The van der Waals surface area contributed by atoms with Crippen molar-refractivity contribution in [2.24, 2.45) is 0 Å². The predicted molar refractivity (Wildman–Crippen MR) is 71.1 cm³/mol. The Hall–Kier alpha value is -1.59. The zero-order valence-electron chi connectivity index (χ0n) is 10.1. The van der Waals surface area contributed by atoms with Crippen LogP contribution in [0.2, 0.25) is 10.0 Å². The minimum atomic E-state index is -1.20. The molecule has 102 valence electrons. The number of carboxylic acid groups (broad SMARTS) is 1. The van der Waals surface area contributed by atoms with Crippen LogP contribution in [0.25, 0.3) is 0 Å². The highest BCUT2D eigenvalue weighted by molar-refractivity contribution is 6.40. The maximum absolute atomic E-state index is 13.0. The highest BCUT2D eigenvalue weighted by Crippen LogP contribution is 2.31. The van der Waals surface area contributed by atoms with Crippen molar-refractivity contribution in [2.45, 2.75) is 13.8 Å². The van der Waals surface area contributed by atoms with Crippen molar-refractivity contribution in [3.63, 3.8) is 0 Å². The molecule has 1 aromatic rings. The molecule has 1 amide bonds. The maximum Gasteiger partial charge on any atom is 0.331 e. The van der Waals surface area contributed by atoms with Gasteiger partial charge in [-0.2, -0.15) is 0 Å². The van der Waals surface area contributed by atoms with E-state index < -0.39 is 17.7 Å². The standard InChI is InChI=1S/C12H10Cl2FNO3/c1-5(6(2)12(18)19)11(17)16-10-8(13)3-7(15)4-9(10)14/h3-4H,1-2H3,(H,16,17)(H,18,19). The van der Waals surface area contributed by atoms with Crippen molar-refractivity contribution in [1.29, 1.82) is 0 Å². The van der Waals surface area contributed by atoms with E-state index in [2.05, 4.69) is 5.32 Å². The molecule has 0 atom stereocenters. The van der Waals surface area contributed by atoms with Gasteiger partial charge in [-0.3, -0.25) is 4.79 Å². The number of hydrogen-bond donors (Lipinski definition) is 2. The third-order valence-electron chi connectivity index (χ3n) is 2.47. The van der Waals surface area contributed by atoms with Gasteiger partial charge in [0.05, 0.1) is 15.7 Å². The highest BCUT2D eigenvalue weighted by atomic mass is 35.5. The van der Waals surface area contributed by atoms with Crippen molar-refractivity contribution in [3.8, 4) is 0 Å². The van der Waals surface area contributed by atoms with Crippen LogP contribution >= 0.6 is 23.2 Å². The van der Waals surface area contributed by atoms with Crippen molar-refractivity contribution in [2.75, 3.05) is 5.32 Å². The van der Waals surface area contributed by atoms with Crippen LogP contribution in [0.3, 0.4) is 0 Å². The lowest BCUT2D eigenvalue weighted by Crippen LogP contribution is -2.16. The second-order valence-corrected chi connectivity index (χ2v) is 4.57. The fourth-order valence-corrected chi connectivity index (χ4v) is 1.75. The molecule has 19 heavy (non-hydrogen) atoms. The SMILES string of the molecule is CC(C(=O)O)=C(C)C(=O)Nc1c(Cl)cc(F)cc1Cl. The van der Waals surface area contributed by atoms with Crippen LogP contribution in [0.1, 0.15) is 13.8 Å². The molecule has 0 aliphatic heterocycles. The van der Waals surface area contributed by atoms with E-state index in [1.54, 1.807) is 0 Å². The van der Waals surface area contributed by atoms with Crippen molar-refractivity contribution >= 4 is 40.8 Å². The Kier molecular flexibility index (Phi) is 4.91. The van der Waals surface area contributed by atoms with Crippen LogP contribution in [0.5, 0.6) is 0 Å². The first-order chi connectivity index (χ1) is 8.73. The Morgan fingerprint density at radius 2 is 1.63 bits per heavy atom. The average Bonchev–Trinajstić information content (AvgIpc) is 2.31. The number of benzene rings is 1. The van der Waals surface area contributed by atoms with Gasteiger partial charge in [-0.25, -0.2) is 9.18 Å². The Balaban J connectivity index is 3.08. The summed E-state index contributed by atoms with van der Waals surface area (Å²) in [4.78, 5) is 22.5. The molecular weight excluding hydrogens is 296 g/mol. The van der Waals surface area contributed by atoms with E-state index >= 15 is 0 Å². The average molecular weight is 306 g/mol. The summed E-state index contributed by atoms with van der Waals surface area (Å²) in [7, 11) is 0. The minimum Gasteiger partial charge on any atom is -0.478 e. The fraction of sp³-hybridized carbons (Fsp3) is 0.167. The van der Waals surface area contributed by atoms with E-state index in [-0.39, 0.29) is 26.9 Å².